The predicted octanol–water partition coefficient (Wildman–Crippen LogP) is 2.67. The van der Waals surface area contributed by atoms with Gasteiger partial charge >= 0.3 is 0 Å². The van der Waals surface area contributed by atoms with Crippen LogP contribution in [0.5, 0.6) is 5.75 Å². The molecule has 1 unspecified atom stereocenters. The van der Waals surface area contributed by atoms with E-state index in [0.29, 0.717) is 25.1 Å². The Morgan fingerprint density at radius 3 is 2.59 bits per heavy atom. The Morgan fingerprint density at radius 2 is 1.81 bits per heavy atom. The summed E-state index contributed by atoms with van der Waals surface area (Å²) in [6, 6.07) is 15.5. The summed E-state index contributed by atoms with van der Waals surface area (Å²) in [4.78, 5) is 40.8. The highest BCUT2D eigenvalue weighted by Crippen LogP contribution is 2.33. The van der Waals surface area contributed by atoms with Crippen molar-refractivity contribution < 1.29 is 24.2 Å². The van der Waals surface area contributed by atoms with Gasteiger partial charge in [-0.15, -0.1) is 0 Å². The maximum atomic E-state index is 13.0. The van der Waals surface area contributed by atoms with E-state index < -0.39 is 11.9 Å². The molecular formula is C29H35N3O5. The second kappa shape index (κ2) is 11.4. The summed E-state index contributed by atoms with van der Waals surface area (Å²) in [5.41, 5.74) is 2.71. The monoisotopic (exact) mass is 505 g/mol. The van der Waals surface area contributed by atoms with Crippen LogP contribution in [-0.4, -0.2) is 70.5 Å². The molecule has 2 N–H and O–H groups in total. The van der Waals surface area contributed by atoms with Crippen LogP contribution in [0.2, 0.25) is 0 Å². The van der Waals surface area contributed by atoms with Crippen molar-refractivity contribution in [1.29, 1.82) is 0 Å². The SMILES string of the molecule is O=C1CCC(N2Cc3cc(O[C@H]4CCCC[C@H]4N(CCO)CCc4ccccc4)ccc3C2=O)C(=O)N1. The molecule has 2 aliphatic heterocycles. The van der Waals surface area contributed by atoms with Crippen molar-refractivity contribution in [3.63, 3.8) is 0 Å². The van der Waals surface area contributed by atoms with E-state index in [1.54, 1.807) is 11.0 Å². The van der Waals surface area contributed by atoms with Gasteiger partial charge in [-0.2, -0.15) is 0 Å². The van der Waals surface area contributed by atoms with E-state index in [2.05, 4.69) is 34.5 Å². The van der Waals surface area contributed by atoms with Gasteiger partial charge in [0, 0.05) is 37.7 Å². The van der Waals surface area contributed by atoms with Crippen LogP contribution in [0.15, 0.2) is 48.5 Å². The summed E-state index contributed by atoms with van der Waals surface area (Å²) in [5.74, 6) is -0.150. The zero-order valence-corrected chi connectivity index (χ0v) is 21.1. The summed E-state index contributed by atoms with van der Waals surface area (Å²) < 4.78 is 6.55. The molecule has 2 heterocycles. The van der Waals surface area contributed by atoms with E-state index in [1.807, 2.05) is 18.2 Å². The smallest absolute Gasteiger partial charge is 0.255 e. The van der Waals surface area contributed by atoms with Gasteiger partial charge in [0.15, 0.2) is 0 Å². The second-order valence-electron chi connectivity index (χ2n) is 10.2. The molecule has 2 fully saturated rings. The molecule has 0 bridgehead atoms. The molecule has 2 aromatic carbocycles. The largest absolute Gasteiger partial charge is 0.489 e. The minimum absolute atomic E-state index is 0.00235. The minimum Gasteiger partial charge on any atom is -0.489 e. The first-order valence-electron chi connectivity index (χ1n) is 13.4. The van der Waals surface area contributed by atoms with Gasteiger partial charge in [-0.3, -0.25) is 24.6 Å². The standard InChI is InChI=1S/C29H35N3O5/c33-17-16-31(15-14-20-6-2-1-3-7-20)24-8-4-5-9-26(24)37-22-10-11-23-21(18-22)19-32(29(23)36)25-12-13-27(34)30-28(25)35/h1-3,6-7,10-11,18,24-26,33H,4-5,8-9,12-17,19H2,(H,30,34,35)/t24-,25?,26+/m1/s1. The van der Waals surface area contributed by atoms with E-state index in [-0.39, 0.29) is 37.0 Å². The normalized spacial score (nSPS) is 23.8. The number of rotatable bonds is 9. The van der Waals surface area contributed by atoms with Gasteiger partial charge in [0.2, 0.25) is 11.8 Å². The number of benzene rings is 2. The van der Waals surface area contributed by atoms with E-state index in [0.717, 1.165) is 50.0 Å². The highest BCUT2D eigenvalue weighted by Gasteiger charge is 2.39. The number of piperidine rings is 1. The first-order chi connectivity index (χ1) is 18.0. The summed E-state index contributed by atoms with van der Waals surface area (Å²) in [6.45, 7) is 1.90. The predicted molar refractivity (Wildman–Crippen MR) is 138 cm³/mol. The van der Waals surface area contributed by atoms with Gasteiger partial charge in [0.1, 0.15) is 17.9 Å². The fourth-order valence-corrected chi connectivity index (χ4v) is 5.92. The van der Waals surface area contributed by atoms with Gasteiger partial charge in [0.05, 0.1) is 6.61 Å². The molecule has 2 aromatic rings. The molecule has 1 saturated carbocycles. The number of aliphatic hydroxyl groups excluding tert-OH is 1. The van der Waals surface area contributed by atoms with Crippen molar-refractivity contribution >= 4 is 17.7 Å². The number of carbonyl (C=O) groups excluding carboxylic acids is 3. The molecule has 8 nitrogen and oxygen atoms in total. The average Bonchev–Trinajstić information content (AvgIpc) is 3.23. The van der Waals surface area contributed by atoms with Crippen LogP contribution in [-0.2, 0) is 22.6 Å². The highest BCUT2D eigenvalue weighted by molar-refractivity contribution is 6.05. The third-order valence-electron chi connectivity index (χ3n) is 7.84. The molecule has 0 radical (unpaired) electrons. The molecule has 1 saturated heterocycles. The Kier molecular flexibility index (Phi) is 7.86. The molecule has 5 rings (SSSR count). The maximum Gasteiger partial charge on any atom is 0.255 e. The number of fused-ring (bicyclic) bond motifs is 1. The van der Waals surface area contributed by atoms with Gasteiger partial charge in [-0.1, -0.05) is 36.8 Å². The van der Waals surface area contributed by atoms with Crippen LogP contribution in [0.3, 0.4) is 0 Å². The molecule has 0 aromatic heterocycles. The van der Waals surface area contributed by atoms with Crippen molar-refractivity contribution in [3.05, 3.63) is 65.2 Å². The molecule has 37 heavy (non-hydrogen) atoms. The van der Waals surface area contributed by atoms with Gasteiger partial charge in [0.25, 0.3) is 5.91 Å². The lowest BCUT2D eigenvalue weighted by Gasteiger charge is -2.39. The molecule has 3 amide bonds. The van der Waals surface area contributed by atoms with Crippen molar-refractivity contribution in [2.24, 2.45) is 0 Å². The van der Waals surface area contributed by atoms with E-state index in [4.69, 9.17) is 4.74 Å². The first kappa shape index (κ1) is 25.4. The minimum atomic E-state index is -0.624. The molecular weight excluding hydrogens is 470 g/mol. The quantitative estimate of drug-likeness (QED) is 0.509. The summed E-state index contributed by atoms with van der Waals surface area (Å²) in [7, 11) is 0. The number of ether oxygens (including phenoxy) is 1. The average molecular weight is 506 g/mol. The van der Waals surface area contributed by atoms with Crippen LogP contribution in [0.1, 0.15) is 60.0 Å². The second-order valence-corrected chi connectivity index (χ2v) is 10.2. The lowest BCUT2D eigenvalue weighted by molar-refractivity contribution is -0.136. The number of amides is 3. The number of nitrogens with zero attached hydrogens (tertiary/aromatic N) is 2. The van der Waals surface area contributed by atoms with Crippen LogP contribution >= 0.6 is 0 Å². The molecule has 3 atom stereocenters. The Labute approximate surface area is 217 Å². The van der Waals surface area contributed by atoms with E-state index >= 15 is 0 Å². The third-order valence-corrected chi connectivity index (χ3v) is 7.84. The summed E-state index contributed by atoms with van der Waals surface area (Å²) in [5, 5.41) is 12.1. The van der Waals surface area contributed by atoms with Gasteiger partial charge in [-0.25, -0.2) is 0 Å². The topological polar surface area (TPSA) is 99.2 Å². The number of carbonyl (C=O) groups is 3. The van der Waals surface area contributed by atoms with Crippen LogP contribution in [0.25, 0.3) is 0 Å². The first-order valence-corrected chi connectivity index (χ1v) is 13.4. The Balaban J connectivity index is 1.27. The zero-order valence-electron chi connectivity index (χ0n) is 21.1. The number of imide groups is 1. The Bertz CT molecular complexity index is 1140. The zero-order chi connectivity index (χ0) is 25.8. The molecule has 196 valence electrons. The van der Waals surface area contributed by atoms with Gasteiger partial charge < -0.3 is 14.7 Å². The van der Waals surface area contributed by atoms with Crippen LogP contribution < -0.4 is 10.1 Å². The third kappa shape index (κ3) is 5.70. The fraction of sp³-hybridized carbons (Fsp3) is 0.483. The molecule has 3 aliphatic rings. The van der Waals surface area contributed by atoms with Crippen molar-refractivity contribution in [1.82, 2.24) is 15.1 Å². The molecule has 1 aliphatic carbocycles. The number of hydrogen-bond donors (Lipinski definition) is 2. The lowest BCUT2D eigenvalue weighted by atomic mass is 9.90. The lowest BCUT2D eigenvalue weighted by Crippen LogP contribution is -2.52. The van der Waals surface area contributed by atoms with Gasteiger partial charge in [-0.05, 0) is 61.4 Å². The van der Waals surface area contributed by atoms with Crippen molar-refractivity contribution in [2.45, 2.75) is 69.7 Å². The van der Waals surface area contributed by atoms with Crippen LogP contribution in [0, 0.1) is 0 Å². The Hall–Kier alpha value is -3.23. The van der Waals surface area contributed by atoms with Crippen molar-refractivity contribution in [2.75, 3.05) is 19.7 Å². The van der Waals surface area contributed by atoms with Crippen molar-refractivity contribution in [3.8, 4) is 5.75 Å². The van der Waals surface area contributed by atoms with E-state index in [9.17, 15) is 19.5 Å². The maximum absolute atomic E-state index is 13.0. The number of hydrogen-bond acceptors (Lipinski definition) is 6. The Morgan fingerprint density at radius 1 is 1.00 bits per heavy atom. The van der Waals surface area contributed by atoms with E-state index in [1.165, 1.54) is 5.56 Å². The fourth-order valence-electron chi connectivity index (χ4n) is 5.92. The molecule has 0 spiro atoms. The summed E-state index contributed by atoms with van der Waals surface area (Å²) >= 11 is 0. The highest BCUT2D eigenvalue weighted by atomic mass is 16.5. The molecule has 8 heteroatoms. The van der Waals surface area contributed by atoms with Crippen LogP contribution in [0.4, 0.5) is 0 Å². The summed E-state index contributed by atoms with van der Waals surface area (Å²) in [6.07, 6.45) is 5.70. The number of aliphatic hydroxyl groups is 1. The number of nitrogens with one attached hydrogen (secondary N) is 1.